The topological polar surface area (TPSA) is 78.4 Å². The van der Waals surface area contributed by atoms with Crippen LogP contribution in [0.5, 0.6) is 0 Å². The predicted molar refractivity (Wildman–Crippen MR) is 80.6 cm³/mol. The maximum absolute atomic E-state index is 11.7. The molecular weight excluding hydrogens is 380 g/mol. The zero-order valence-corrected chi connectivity index (χ0v) is 13.5. The maximum Gasteiger partial charge on any atom is 0.337 e. The van der Waals surface area contributed by atoms with Crippen LogP contribution in [-0.4, -0.2) is 30.6 Å². The molecule has 0 spiro atoms. The van der Waals surface area contributed by atoms with Crippen molar-refractivity contribution < 1.29 is 14.7 Å². The molecule has 1 aromatic rings. The molecule has 0 aliphatic heterocycles. The molecule has 7 heteroatoms. The first kappa shape index (κ1) is 16.1. The van der Waals surface area contributed by atoms with Gasteiger partial charge in [-0.3, -0.25) is 4.79 Å². The number of benzene rings is 1. The molecule has 0 fully saturated rings. The van der Waals surface area contributed by atoms with Crippen LogP contribution in [0.15, 0.2) is 21.1 Å². The highest BCUT2D eigenvalue weighted by molar-refractivity contribution is 9.11. The van der Waals surface area contributed by atoms with Crippen molar-refractivity contribution in [2.45, 2.75) is 12.8 Å². The lowest BCUT2D eigenvalue weighted by molar-refractivity contribution is -0.116. The van der Waals surface area contributed by atoms with Crippen molar-refractivity contribution in [3.63, 3.8) is 0 Å². The molecule has 5 nitrogen and oxygen atoms in total. The van der Waals surface area contributed by atoms with E-state index in [1.165, 1.54) is 6.07 Å². The van der Waals surface area contributed by atoms with Gasteiger partial charge in [0.15, 0.2) is 0 Å². The molecule has 0 radical (unpaired) electrons. The van der Waals surface area contributed by atoms with Crippen LogP contribution in [0.4, 0.5) is 5.69 Å². The van der Waals surface area contributed by atoms with Crippen LogP contribution < -0.4 is 10.6 Å². The lowest BCUT2D eigenvalue weighted by Gasteiger charge is -2.11. The third-order valence-corrected chi connectivity index (χ3v) is 3.46. The van der Waals surface area contributed by atoms with E-state index in [0.29, 0.717) is 21.8 Å². The fourth-order valence-corrected chi connectivity index (χ4v) is 2.82. The Labute approximate surface area is 128 Å². The van der Waals surface area contributed by atoms with Crippen LogP contribution in [0.3, 0.4) is 0 Å². The van der Waals surface area contributed by atoms with Crippen LogP contribution in [0.25, 0.3) is 0 Å². The Morgan fingerprint density at radius 1 is 1.32 bits per heavy atom. The summed E-state index contributed by atoms with van der Waals surface area (Å²) < 4.78 is 1.16. The van der Waals surface area contributed by atoms with Gasteiger partial charge in [0.05, 0.1) is 11.3 Å². The predicted octanol–water partition coefficient (Wildman–Crippen LogP) is 2.85. The van der Waals surface area contributed by atoms with Crippen LogP contribution in [0, 0.1) is 0 Å². The van der Waals surface area contributed by atoms with Gasteiger partial charge in [-0.25, -0.2) is 4.79 Å². The number of anilines is 1. The van der Waals surface area contributed by atoms with Crippen LogP contribution >= 0.6 is 31.9 Å². The highest BCUT2D eigenvalue weighted by Crippen LogP contribution is 2.31. The van der Waals surface area contributed by atoms with Gasteiger partial charge >= 0.3 is 5.97 Å². The molecule has 0 aliphatic carbocycles. The molecule has 0 aliphatic rings. The fraction of sp³-hybridized carbons (Fsp3) is 0.333. The number of hydrogen-bond acceptors (Lipinski definition) is 3. The lowest BCUT2D eigenvalue weighted by Crippen LogP contribution is -2.17. The Morgan fingerprint density at radius 3 is 2.58 bits per heavy atom. The van der Waals surface area contributed by atoms with Crippen molar-refractivity contribution in [3.8, 4) is 0 Å². The molecule has 1 amide bonds. The zero-order chi connectivity index (χ0) is 14.4. The number of rotatable bonds is 6. The molecular formula is C12H14Br2N2O3. The SMILES string of the molecule is CNCCCC(=O)Nc1c(Br)cc(Br)cc1C(=O)O. The van der Waals surface area contributed by atoms with Crippen molar-refractivity contribution in [2.75, 3.05) is 18.9 Å². The van der Waals surface area contributed by atoms with E-state index >= 15 is 0 Å². The lowest BCUT2D eigenvalue weighted by atomic mass is 10.1. The van der Waals surface area contributed by atoms with Crippen LogP contribution in [-0.2, 0) is 4.79 Å². The first-order valence-corrected chi connectivity index (χ1v) is 7.21. The quantitative estimate of drug-likeness (QED) is 0.649. The summed E-state index contributed by atoms with van der Waals surface area (Å²) in [4.78, 5) is 22.9. The van der Waals surface area contributed by atoms with Gasteiger partial charge in [0.1, 0.15) is 0 Å². The van der Waals surface area contributed by atoms with Crippen LogP contribution in [0.2, 0.25) is 0 Å². The standard InChI is InChI=1S/C12H14Br2N2O3/c1-15-4-2-3-10(17)16-11-8(12(18)19)5-7(13)6-9(11)14/h5-6,15H,2-4H2,1H3,(H,16,17)(H,18,19). The van der Waals surface area contributed by atoms with Gasteiger partial charge in [0, 0.05) is 15.4 Å². The Kier molecular flexibility index (Phi) is 6.47. The average Bonchev–Trinajstić information content (AvgIpc) is 2.32. The van der Waals surface area contributed by atoms with E-state index in [9.17, 15) is 9.59 Å². The number of nitrogens with one attached hydrogen (secondary N) is 2. The smallest absolute Gasteiger partial charge is 0.337 e. The zero-order valence-electron chi connectivity index (χ0n) is 10.3. The van der Waals surface area contributed by atoms with Gasteiger partial charge < -0.3 is 15.7 Å². The molecule has 19 heavy (non-hydrogen) atoms. The molecule has 0 atom stereocenters. The third kappa shape index (κ3) is 4.93. The van der Waals surface area contributed by atoms with E-state index in [2.05, 4.69) is 42.5 Å². The molecule has 0 unspecified atom stereocenters. The number of carbonyl (C=O) groups is 2. The van der Waals surface area contributed by atoms with Crippen molar-refractivity contribution in [3.05, 3.63) is 26.6 Å². The van der Waals surface area contributed by atoms with Gasteiger partial charge in [-0.05, 0) is 48.1 Å². The van der Waals surface area contributed by atoms with E-state index in [1.54, 1.807) is 6.07 Å². The molecule has 0 bridgehead atoms. The number of amides is 1. The monoisotopic (exact) mass is 392 g/mol. The van der Waals surface area contributed by atoms with Crippen molar-refractivity contribution >= 4 is 49.4 Å². The highest BCUT2D eigenvalue weighted by atomic mass is 79.9. The van der Waals surface area contributed by atoms with Gasteiger partial charge in [0.2, 0.25) is 5.91 Å². The van der Waals surface area contributed by atoms with E-state index in [1.807, 2.05) is 7.05 Å². The summed E-state index contributed by atoms with van der Waals surface area (Å²) in [6, 6.07) is 3.14. The minimum Gasteiger partial charge on any atom is -0.478 e. The van der Waals surface area contributed by atoms with E-state index in [-0.39, 0.29) is 17.2 Å². The van der Waals surface area contributed by atoms with Gasteiger partial charge in [-0.1, -0.05) is 15.9 Å². The number of hydrogen-bond donors (Lipinski definition) is 3. The second-order valence-electron chi connectivity index (χ2n) is 3.87. The summed E-state index contributed by atoms with van der Waals surface area (Å²) in [5.74, 6) is -1.30. The maximum atomic E-state index is 11.7. The first-order valence-electron chi connectivity index (χ1n) is 5.62. The van der Waals surface area contributed by atoms with Crippen molar-refractivity contribution in [1.29, 1.82) is 0 Å². The third-order valence-electron chi connectivity index (χ3n) is 2.38. The fourth-order valence-electron chi connectivity index (χ4n) is 1.50. The highest BCUT2D eigenvalue weighted by Gasteiger charge is 2.16. The van der Waals surface area contributed by atoms with Gasteiger partial charge in [-0.15, -0.1) is 0 Å². The Bertz CT molecular complexity index is 492. The van der Waals surface area contributed by atoms with E-state index in [0.717, 1.165) is 6.54 Å². The summed E-state index contributed by atoms with van der Waals surface area (Å²) >= 11 is 6.47. The summed E-state index contributed by atoms with van der Waals surface area (Å²) in [7, 11) is 1.81. The molecule has 104 valence electrons. The van der Waals surface area contributed by atoms with Gasteiger partial charge in [0.25, 0.3) is 0 Å². The molecule has 0 heterocycles. The normalized spacial score (nSPS) is 10.3. The largest absolute Gasteiger partial charge is 0.478 e. The number of halogens is 2. The minimum atomic E-state index is -1.09. The Hall–Kier alpha value is -0.920. The average molecular weight is 394 g/mol. The number of carbonyl (C=O) groups excluding carboxylic acids is 1. The molecule has 3 N–H and O–H groups in total. The Balaban J connectivity index is 2.88. The molecule has 0 aromatic heterocycles. The first-order chi connectivity index (χ1) is 8.95. The van der Waals surface area contributed by atoms with Gasteiger partial charge in [-0.2, -0.15) is 0 Å². The van der Waals surface area contributed by atoms with Crippen molar-refractivity contribution in [1.82, 2.24) is 5.32 Å². The molecule has 0 saturated heterocycles. The second kappa shape index (κ2) is 7.62. The molecule has 0 saturated carbocycles. The molecule has 1 rings (SSSR count). The number of carboxylic acids is 1. The summed E-state index contributed by atoms with van der Waals surface area (Å²) in [5, 5.41) is 14.7. The Morgan fingerprint density at radius 2 is 2.00 bits per heavy atom. The number of aromatic carboxylic acids is 1. The summed E-state index contributed by atoms with van der Waals surface area (Å²) in [6.45, 7) is 0.737. The van der Waals surface area contributed by atoms with E-state index in [4.69, 9.17) is 5.11 Å². The number of carboxylic acid groups (broad SMARTS) is 1. The molecule has 1 aromatic carbocycles. The summed E-state index contributed by atoms with van der Waals surface area (Å²) in [5.41, 5.74) is 0.327. The minimum absolute atomic E-state index is 0.0446. The van der Waals surface area contributed by atoms with E-state index < -0.39 is 5.97 Å². The summed E-state index contributed by atoms with van der Waals surface area (Å²) in [6.07, 6.45) is 1.03. The van der Waals surface area contributed by atoms with Crippen LogP contribution in [0.1, 0.15) is 23.2 Å². The van der Waals surface area contributed by atoms with Crippen molar-refractivity contribution in [2.24, 2.45) is 0 Å². The second-order valence-corrected chi connectivity index (χ2v) is 5.64.